The van der Waals surface area contributed by atoms with Gasteiger partial charge >= 0.3 is 0 Å². The molecule has 0 saturated carbocycles. The van der Waals surface area contributed by atoms with Gasteiger partial charge in [-0.25, -0.2) is 4.98 Å². The molecule has 1 aliphatic heterocycles. The molecule has 1 aromatic heterocycles. The first-order valence-electron chi connectivity index (χ1n) is 6.78. The van der Waals surface area contributed by atoms with Gasteiger partial charge in [-0.05, 0) is 12.3 Å². The fourth-order valence-corrected chi connectivity index (χ4v) is 4.36. The zero-order chi connectivity index (χ0) is 14.0. The summed E-state index contributed by atoms with van der Waals surface area (Å²) in [5, 5.41) is 1.02. The number of carbonyl (C=O) groups excluding carboxylic acids is 1. The Kier molecular flexibility index (Phi) is 4.56. The molecule has 1 saturated heterocycles. The lowest BCUT2D eigenvalue weighted by Crippen LogP contribution is -2.26. The number of aldehydes is 1. The molecule has 0 atom stereocenters. The summed E-state index contributed by atoms with van der Waals surface area (Å²) >= 11 is 3.57. The molecule has 2 rings (SSSR count). The minimum atomic E-state index is 0.308. The Balaban J connectivity index is 2.20. The molecule has 19 heavy (non-hydrogen) atoms. The Labute approximate surface area is 123 Å². The summed E-state index contributed by atoms with van der Waals surface area (Å²) < 4.78 is 0.348. The molecule has 5 heteroatoms. The van der Waals surface area contributed by atoms with E-state index in [0.717, 1.165) is 47.3 Å². The highest BCUT2D eigenvalue weighted by Crippen LogP contribution is 2.35. The number of anilines is 1. The predicted octanol–water partition coefficient (Wildman–Crippen LogP) is 3.80. The second kappa shape index (κ2) is 5.83. The van der Waals surface area contributed by atoms with Crippen molar-refractivity contribution in [3.05, 3.63) is 10.6 Å². The Morgan fingerprint density at radius 1 is 1.37 bits per heavy atom. The number of aromatic nitrogens is 1. The van der Waals surface area contributed by atoms with Crippen LogP contribution in [0.1, 0.15) is 55.4 Å². The summed E-state index contributed by atoms with van der Waals surface area (Å²) in [5.74, 6) is 1.43. The highest BCUT2D eigenvalue weighted by Gasteiger charge is 2.26. The molecule has 1 aromatic rings. The average molecular weight is 298 g/mol. The lowest BCUT2D eigenvalue weighted by Gasteiger charge is -2.22. The lowest BCUT2D eigenvalue weighted by atomic mass is 10.1. The maximum atomic E-state index is 11.1. The van der Waals surface area contributed by atoms with Crippen LogP contribution in [-0.2, 0) is 0 Å². The first-order valence-corrected chi connectivity index (χ1v) is 8.58. The molecular formula is C14H22N2OS2. The molecule has 1 fully saturated rings. The van der Waals surface area contributed by atoms with Crippen LogP contribution in [0.5, 0.6) is 0 Å². The highest BCUT2D eigenvalue weighted by atomic mass is 32.2. The van der Waals surface area contributed by atoms with Crippen LogP contribution in [0.4, 0.5) is 5.13 Å². The fourth-order valence-electron chi connectivity index (χ4n) is 2.18. The average Bonchev–Trinajstić information content (AvgIpc) is 2.69. The normalized spacial score (nSPS) is 19.5. The monoisotopic (exact) mass is 298 g/mol. The van der Waals surface area contributed by atoms with Crippen LogP contribution in [0.15, 0.2) is 0 Å². The number of hydrogen-bond donors (Lipinski definition) is 0. The van der Waals surface area contributed by atoms with Crippen molar-refractivity contribution < 1.29 is 4.79 Å². The van der Waals surface area contributed by atoms with Crippen molar-refractivity contribution in [2.45, 2.75) is 44.8 Å². The summed E-state index contributed by atoms with van der Waals surface area (Å²) in [6, 6.07) is 0. The van der Waals surface area contributed by atoms with E-state index in [2.05, 4.69) is 32.6 Å². The zero-order valence-electron chi connectivity index (χ0n) is 12.1. The fraction of sp³-hybridized carbons (Fsp3) is 0.714. The molecular weight excluding hydrogens is 276 g/mol. The van der Waals surface area contributed by atoms with Gasteiger partial charge in [-0.15, -0.1) is 0 Å². The van der Waals surface area contributed by atoms with E-state index in [0.29, 0.717) is 10.7 Å². The maximum absolute atomic E-state index is 11.1. The third-order valence-electron chi connectivity index (χ3n) is 3.43. The molecule has 0 aliphatic carbocycles. The summed E-state index contributed by atoms with van der Waals surface area (Å²) in [7, 11) is 0. The summed E-state index contributed by atoms with van der Waals surface area (Å²) in [6.07, 6.45) is 2.11. The molecule has 0 amide bonds. The van der Waals surface area contributed by atoms with Crippen LogP contribution in [-0.4, -0.2) is 34.9 Å². The van der Waals surface area contributed by atoms with Gasteiger partial charge in [0.2, 0.25) is 0 Å². The Morgan fingerprint density at radius 2 is 2.11 bits per heavy atom. The summed E-state index contributed by atoms with van der Waals surface area (Å²) in [5.41, 5.74) is 0.950. The van der Waals surface area contributed by atoms with Crippen molar-refractivity contribution >= 4 is 34.5 Å². The third kappa shape index (κ3) is 3.51. The number of rotatable bonds is 3. The van der Waals surface area contributed by atoms with Gasteiger partial charge in [0.05, 0.1) is 10.6 Å². The Morgan fingerprint density at radius 3 is 2.68 bits per heavy atom. The molecule has 2 heterocycles. The number of thioether (sulfide) groups is 1. The molecule has 0 radical (unpaired) electrons. The van der Waals surface area contributed by atoms with Gasteiger partial charge in [-0.3, -0.25) is 4.79 Å². The minimum Gasteiger partial charge on any atom is -0.347 e. The van der Waals surface area contributed by atoms with E-state index in [1.807, 2.05) is 11.8 Å². The van der Waals surface area contributed by atoms with Gasteiger partial charge in [0.25, 0.3) is 0 Å². The summed E-state index contributed by atoms with van der Waals surface area (Å²) in [4.78, 5) is 19.0. The van der Waals surface area contributed by atoms with E-state index in [4.69, 9.17) is 4.98 Å². The van der Waals surface area contributed by atoms with E-state index in [1.165, 1.54) is 0 Å². The second-order valence-corrected chi connectivity index (χ2v) is 8.67. The van der Waals surface area contributed by atoms with Crippen LogP contribution in [0.2, 0.25) is 0 Å². The quantitative estimate of drug-likeness (QED) is 0.795. The molecule has 1 aliphatic rings. The largest absolute Gasteiger partial charge is 0.347 e. The molecule has 0 spiro atoms. The first kappa shape index (κ1) is 14.9. The molecule has 0 aromatic carbocycles. The number of hydrogen-bond acceptors (Lipinski definition) is 5. The van der Waals surface area contributed by atoms with Crippen molar-refractivity contribution in [2.75, 3.05) is 23.7 Å². The molecule has 106 valence electrons. The van der Waals surface area contributed by atoms with Crippen LogP contribution in [0.25, 0.3) is 0 Å². The Bertz CT molecular complexity index is 454. The van der Waals surface area contributed by atoms with Gasteiger partial charge in [0, 0.05) is 23.6 Å². The molecule has 3 nitrogen and oxygen atoms in total. The number of carbonyl (C=O) groups is 1. The first-order chi connectivity index (χ1) is 8.93. The number of thiazole rings is 1. The van der Waals surface area contributed by atoms with E-state index < -0.39 is 0 Å². The van der Waals surface area contributed by atoms with Gasteiger partial charge < -0.3 is 4.90 Å². The SMILES string of the molecule is CC(C)c1nc(N2CCSC(C)(C)CC2)sc1C=O. The van der Waals surface area contributed by atoms with E-state index >= 15 is 0 Å². The van der Waals surface area contributed by atoms with Crippen LogP contribution >= 0.6 is 23.1 Å². The van der Waals surface area contributed by atoms with Gasteiger partial charge in [-0.2, -0.15) is 11.8 Å². The molecule has 0 unspecified atom stereocenters. The van der Waals surface area contributed by atoms with Gasteiger partial charge in [0.1, 0.15) is 0 Å². The van der Waals surface area contributed by atoms with Crippen molar-refractivity contribution in [3.63, 3.8) is 0 Å². The van der Waals surface area contributed by atoms with Crippen LogP contribution in [0, 0.1) is 0 Å². The highest BCUT2D eigenvalue weighted by molar-refractivity contribution is 8.00. The molecule has 0 N–H and O–H groups in total. The van der Waals surface area contributed by atoms with E-state index in [1.54, 1.807) is 11.3 Å². The van der Waals surface area contributed by atoms with Crippen LogP contribution < -0.4 is 4.90 Å². The van der Waals surface area contributed by atoms with Crippen LogP contribution in [0.3, 0.4) is 0 Å². The Hall–Kier alpha value is -0.550. The zero-order valence-corrected chi connectivity index (χ0v) is 13.7. The predicted molar refractivity (Wildman–Crippen MR) is 85.0 cm³/mol. The minimum absolute atomic E-state index is 0.308. The third-order valence-corrected chi connectivity index (χ3v) is 5.86. The van der Waals surface area contributed by atoms with Crippen molar-refractivity contribution in [3.8, 4) is 0 Å². The molecule has 0 bridgehead atoms. The van der Waals surface area contributed by atoms with Gasteiger partial charge in [-0.1, -0.05) is 39.0 Å². The maximum Gasteiger partial charge on any atom is 0.186 e. The standard InChI is InChI=1S/C14H22N2OS2/c1-10(2)12-11(9-17)19-13(15-12)16-6-5-14(3,4)18-8-7-16/h9-10H,5-8H2,1-4H3. The van der Waals surface area contributed by atoms with Gasteiger partial charge in [0.15, 0.2) is 11.4 Å². The van der Waals surface area contributed by atoms with Crippen molar-refractivity contribution in [1.82, 2.24) is 4.98 Å². The van der Waals surface area contributed by atoms with E-state index in [-0.39, 0.29) is 0 Å². The second-order valence-electron chi connectivity index (χ2n) is 5.86. The van der Waals surface area contributed by atoms with Crippen molar-refractivity contribution in [2.24, 2.45) is 0 Å². The topological polar surface area (TPSA) is 33.2 Å². The van der Waals surface area contributed by atoms with E-state index in [9.17, 15) is 4.79 Å². The number of nitrogens with zero attached hydrogens (tertiary/aromatic N) is 2. The van der Waals surface area contributed by atoms with Crippen molar-refractivity contribution in [1.29, 1.82) is 0 Å². The lowest BCUT2D eigenvalue weighted by molar-refractivity contribution is 0.112. The summed E-state index contributed by atoms with van der Waals surface area (Å²) in [6.45, 7) is 10.8. The smallest absolute Gasteiger partial charge is 0.186 e.